The fourth-order valence-electron chi connectivity index (χ4n) is 8.64. The van der Waals surface area contributed by atoms with E-state index in [1.807, 2.05) is 20.8 Å². The molecule has 18 heteroatoms. The third-order valence-electron chi connectivity index (χ3n) is 12.8. The van der Waals surface area contributed by atoms with Gasteiger partial charge in [-0.1, -0.05) is 173 Å². The van der Waals surface area contributed by atoms with Crippen LogP contribution in [-0.2, 0) is 38.4 Å². The molecule has 2 aliphatic heterocycles. The molecule has 4 aliphatic rings. The van der Waals surface area contributed by atoms with Crippen LogP contribution in [0.5, 0.6) is 0 Å². The Hall–Kier alpha value is -2.86. The molecule has 0 spiro atoms. The number of halogens is 1. The summed E-state index contributed by atoms with van der Waals surface area (Å²) in [5, 5.41) is 8.30. The molecule has 0 aromatic carbocycles. The Morgan fingerprint density at radius 2 is 0.914 bits per heavy atom. The van der Waals surface area contributed by atoms with Crippen LogP contribution in [0.2, 0.25) is 0 Å². The Morgan fingerprint density at radius 3 is 1.16 bits per heavy atom. The molecule has 4 atom stereocenters. The van der Waals surface area contributed by atoms with Gasteiger partial charge in [0.25, 0.3) is 0 Å². The number of nitrogens with two attached hydrogens (primary N) is 2. The molecule has 2 unspecified atom stereocenters. The number of nitrogens with one attached hydrogen (secondary N) is 3. The first-order valence-electron chi connectivity index (χ1n) is 26.4. The molecule has 7 N–H and O–H groups in total. The van der Waals surface area contributed by atoms with Crippen molar-refractivity contribution in [1.29, 1.82) is 0 Å². The quantitative estimate of drug-likeness (QED) is 0.0538. The predicted molar refractivity (Wildman–Crippen MR) is 295 cm³/mol. The summed E-state index contributed by atoms with van der Waals surface area (Å²) in [5.41, 5.74) is 10.6. The second kappa shape index (κ2) is 46.0. The van der Waals surface area contributed by atoms with Gasteiger partial charge >= 0.3 is 0 Å². The number of amides is 7. The zero-order valence-electron chi connectivity index (χ0n) is 43.1. The molecule has 2 heterocycles. The Bertz CT molecular complexity index is 1370. The van der Waals surface area contributed by atoms with Crippen molar-refractivity contribution in [3.63, 3.8) is 0 Å². The van der Waals surface area contributed by atoms with E-state index in [2.05, 4.69) is 44.5 Å². The van der Waals surface area contributed by atoms with Crippen molar-refractivity contribution in [2.45, 2.75) is 214 Å². The minimum Gasteiger partial charge on any atom is -0.368 e. The maximum Gasteiger partial charge on any atom is 0.240 e. The number of thiol groups is 1. The van der Waals surface area contributed by atoms with Gasteiger partial charge in [-0.2, -0.15) is 12.6 Å². The van der Waals surface area contributed by atoms with Crippen LogP contribution in [0, 0.1) is 11.8 Å². The lowest BCUT2D eigenvalue weighted by molar-refractivity contribution is -0.136. The maximum atomic E-state index is 12.0. The lowest BCUT2D eigenvalue weighted by Crippen LogP contribution is -2.45. The number of carbonyl (C=O) groups is 8. The van der Waals surface area contributed by atoms with Gasteiger partial charge in [-0.3, -0.25) is 38.4 Å². The number of hydrogen-bond acceptors (Lipinski definition) is 10. The van der Waals surface area contributed by atoms with Crippen molar-refractivity contribution in [3.05, 3.63) is 0 Å². The number of nitrogens with zero attached hydrogens (tertiary/aromatic N) is 2. The highest BCUT2D eigenvalue weighted by Gasteiger charge is 2.36. The average Bonchev–Trinajstić information content (AvgIpc) is 3.90. The summed E-state index contributed by atoms with van der Waals surface area (Å²) < 4.78 is 0. The topological polar surface area (TPSA) is 231 Å². The molecule has 2 aliphatic carbocycles. The standard InChI is InChI=1S/C15H26N4O4S.C12H20BrN3O3.2C10H20.C4H8OS.CH4/c1-3-11(15(16)23)19-7-10(6-14(19)22)4-5-18-13(21)9-24-8-12(20)17-2;1-2-9(12(14)19)16-7-8(5-11(16)18)3-4-15-10(17)6-13;2*1-2-4-6-8-10-9-7-5-3-1;1-2-4(5)3-6;/h10-11H,3-9H2,1-2H3,(H2,16,23)(H,17,20)(H,18,21);8-9H,2-7H2,1H3,(H2,14,19)(H,15,17);2*1-10H2;6H,2-3H2,1H3;1H4/t10?,11-;8?,9-;;;;/m00..../s1. The summed E-state index contributed by atoms with van der Waals surface area (Å²) in [5.74, 6) is 0.0358. The van der Waals surface area contributed by atoms with E-state index in [-0.39, 0.29) is 71.4 Å². The summed E-state index contributed by atoms with van der Waals surface area (Å²) in [6.45, 7) is 7.56. The van der Waals surface area contributed by atoms with Gasteiger partial charge in [0.2, 0.25) is 41.4 Å². The van der Waals surface area contributed by atoms with E-state index in [9.17, 15) is 38.4 Å². The number of carbonyl (C=O) groups excluding carboxylic acids is 8. The lowest BCUT2D eigenvalue weighted by Gasteiger charge is -2.24. The van der Waals surface area contributed by atoms with Crippen LogP contribution in [0.4, 0.5) is 0 Å². The average molecular weight is 1090 g/mol. The molecule has 0 aromatic heterocycles. The summed E-state index contributed by atoms with van der Waals surface area (Å²) >= 11 is 8.06. The number of ketones is 1. The van der Waals surface area contributed by atoms with Gasteiger partial charge in [0.05, 0.1) is 16.8 Å². The van der Waals surface area contributed by atoms with E-state index in [0.29, 0.717) is 70.5 Å². The first-order chi connectivity index (χ1) is 33.2. The van der Waals surface area contributed by atoms with Crippen molar-refractivity contribution >= 4 is 87.5 Å². The SMILES string of the molecule is C.C1CCCCCCCCC1.C1CCCCCCCCC1.CCC(=O)CS.CC[C@@H](C(N)=O)N1CC(CCNC(=O)CBr)CC1=O.CC[C@@H](C(N)=O)N1CC(CCNC(=O)CSCC(=O)NC)CC1=O. The van der Waals surface area contributed by atoms with Gasteiger partial charge in [0.1, 0.15) is 17.9 Å². The Kier molecular flexibility index (Phi) is 45.4. The number of likely N-dealkylation sites (tertiary alicyclic amines) is 2. The number of thioether (sulfide) groups is 1. The highest BCUT2D eigenvalue weighted by Crippen LogP contribution is 2.25. The van der Waals surface area contributed by atoms with Gasteiger partial charge in [-0.05, 0) is 37.5 Å². The molecule has 0 radical (unpaired) electrons. The summed E-state index contributed by atoms with van der Waals surface area (Å²) in [4.78, 5) is 93.5. The second-order valence-corrected chi connectivity index (χ2v) is 20.4. The van der Waals surface area contributed by atoms with Gasteiger partial charge in [0.15, 0.2) is 0 Å². The fraction of sp³-hybridized carbons (Fsp3) is 0.846. The number of Topliss-reactive ketones (excluding diaryl/α,β-unsaturated/α-hetero) is 1. The van der Waals surface area contributed by atoms with E-state index in [4.69, 9.17) is 11.5 Å². The maximum absolute atomic E-state index is 12.0. The fourth-order valence-corrected chi connectivity index (χ4v) is 9.78. The second-order valence-electron chi connectivity index (χ2n) is 18.6. The van der Waals surface area contributed by atoms with Gasteiger partial charge in [-0.15, -0.1) is 11.8 Å². The molecule has 0 bridgehead atoms. The first kappa shape index (κ1) is 69.2. The monoisotopic (exact) mass is 1090 g/mol. The van der Waals surface area contributed by atoms with Crippen LogP contribution in [-0.4, -0.2) is 125 Å². The van der Waals surface area contributed by atoms with E-state index in [1.54, 1.807) is 16.8 Å². The Balaban J connectivity index is 0. The van der Waals surface area contributed by atoms with Crippen LogP contribution in [0.3, 0.4) is 0 Å². The van der Waals surface area contributed by atoms with Crippen LogP contribution >= 0.6 is 40.3 Å². The smallest absolute Gasteiger partial charge is 0.240 e. The third kappa shape index (κ3) is 35.3. The number of primary amides is 2. The molecule has 4 fully saturated rings. The summed E-state index contributed by atoms with van der Waals surface area (Å²) in [7, 11) is 1.55. The molecule has 0 aromatic rings. The number of alkyl halides is 1. The van der Waals surface area contributed by atoms with E-state index in [1.165, 1.54) is 140 Å². The first-order valence-corrected chi connectivity index (χ1v) is 29.3. The van der Waals surface area contributed by atoms with Gasteiger partial charge < -0.3 is 37.2 Å². The normalized spacial score (nSPS) is 19.4. The van der Waals surface area contributed by atoms with Crippen molar-refractivity contribution < 1.29 is 38.4 Å². The minimum atomic E-state index is -0.543. The molecule has 2 saturated carbocycles. The number of rotatable bonds is 19. The highest BCUT2D eigenvalue weighted by atomic mass is 79.9. The van der Waals surface area contributed by atoms with Crippen LogP contribution in [0.1, 0.15) is 202 Å². The molecule has 15 nitrogen and oxygen atoms in total. The summed E-state index contributed by atoms with van der Waals surface area (Å²) in [6, 6.07) is -1.05. The van der Waals surface area contributed by atoms with E-state index >= 15 is 0 Å². The molecule has 70 heavy (non-hydrogen) atoms. The highest BCUT2D eigenvalue weighted by molar-refractivity contribution is 9.09. The molecule has 4 rings (SSSR count). The largest absolute Gasteiger partial charge is 0.368 e. The molecular weight excluding hydrogens is 995 g/mol. The van der Waals surface area contributed by atoms with Crippen LogP contribution in [0.15, 0.2) is 0 Å². The molecular formula is C52H98BrN7O8S2. The minimum absolute atomic E-state index is 0. The van der Waals surface area contributed by atoms with Crippen molar-refractivity contribution in [2.75, 3.05) is 55.8 Å². The number of hydrogen-bond donors (Lipinski definition) is 6. The van der Waals surface area contributed by atoms with Gasteiger partial charge in [-0.25, -0.2) is 0 Å². The predicted octanol–water partition coefficient (Wildman–Crippen LogP) is 8.42. The zero-order chi connectivity index (χ0) is 51.7. The Labute approximate surface area is 442 Å². The van der Waals surface area contributed by atoms with Crippen LogP contribution in [0.25, 0.3) is 0 Å². The lowest BCUT2D eigenvalue weighted by atomic mass is 10.0. The Morgan fingerprint density at radius 1 is 0.600 bits per heavy atom. The molecule has 7 amide bonds. The summed E-state index contributed by atoms with van der Waals surface area (Å²) in [6.07, 6.45) is 33.9. The van der Waals surface area contributed by atoms with Crippen LogP contribution < -0.4 is 27.4 Å². The zero-order valence-corrected chi connectivity index (χ0v) is 46.4. The van der Waals surface area contributed by atoms with E-state index < -0.39 is 23.9 Å². The van der Waals surface area contributed by atoms with Crippen molar-refractivity contribution in [1.82, 2.24) is 25.8 Å². The molecule has 2 saturated heterocycles. The molecule has 408 valence electrons. The van der Waals surface area contributed by atoms with Gasteiger partial charge in [0, 0.05) is 58.2 Å². The van der Waals surface area contributed by atoms with Crippen molar-refractivity contribution in [2.24, 2.45) is 23.3 Å². The van der Waals surface area contributed by atoms with Crippen molar-refractivity contribution in [3.8, 4) is 0 Å². The third-order valence-corrected chi connectivity index (χ3v) is 14.6. The van der Waals surface area contributed by atoms with E-state index in [0.717, 1.165) is 6.42 Å².